The molecule has 0 radical (unpaired) electrons. The summed E-state index contributed by atoms with van der Waals surface area (Å²) in [6.45, 7) is 4.09. The monoisotopic (exact) mass is 661 g/mol. The molecule has 5 rings (SSSR count). The third-order valence-corrected chi connectivity index (χ3v) is 11.4. The molecular weight excluding hydrogens is 638 g/mol. The maximum absolute atomic E-state index is 13.5. The van der Waals surface area contributed by atoms with E-state index in [4.69, 9.17) is 0 Å². The third-order valence-electron chi connectivity index (χ3n) is 6.67. The van der Waals surface area contributed by atoms with E-state index in [0.717, 1.165) is 29.2 Å². The van der Waals surface area contributed by atoms with Crippen LogP contribution in [0.3, 0.4) is 0 Å². The zero-order valence-corrected chi connectivity index (χ0v) is 25.2. The Morgan fingerprint density at radius 1 is 1.29 bits per heavy atom. The van der Waals surface area contributed by atoms with Gasteiger partial charge in [-0.1, -0.05) is 33.7 Å². The molecule has 2 unspecified atom stereocenters. The molecule has 0 N–H and O–H groups in total. The van der Waals surface area contributed by atoms with E-state index < -0.39 is 33.2 Å². The number of fused-ring (bicyclic) bond motifs is 1. The summed E-state index contributed by atoms with van der Waals surface area (Å²) in [5, 5.41) is 2.55. The second kappa shape index (κ2) is 12.0. The highest BCUT2D eigenvalue weighted by molar-refractivity contribution is 7.94. The fraction of sp³-hybridized carbons (Fsp3) is 0.360. The van der Waals surface area contributed by atoms with Gasteiger partial charge in [0.25, 0.3) is 0 Å². The quantitative estimate of drug-likeness (QED) is 0.176. The van der Waals surface area contributed by atoms with Gasteiger partial charge in [-0.05, 0) is 49.4 Å². The molecule has 1 fully saturated rings. The van der Waals surface area contributed by atoms with Crippen molar-refractivity contribution in [1.29, 1.82) is 0 Å². The summed E-state index contributed by atoms with van der Waals surface area (Å²) in [5.41, 5.74) is 0.588. The number of carbonyl (C=O) groups excluding carboxylic acids is 1. The average molecular weight is 662 g/mol. The van der Waals surface area contributed by atoms with Gasteiger partial charge in [-0.25, -0.2) is 9.78 Å². The Kier molecular flexibility index (Phi) is 8.78. The minimum absolute atomic E-state index is 0.0406. The molecule has 1 aliphatic heterocycles. The number of benzene rings is 1. The zero-order valence-electron chi connectivity index (χ0n) is 21.9. The minimum atomic E-state index is -5.44. The summed E-state index contributed by atoms with van der Waals surface area (Å²) < 4.78 is 90.2. The third kappa shape index (κ3) is 6.26. The number of aromatic nitrogens is 2. The lowest BCUT2D eigenvalue weighted by atomic mass is 10.2. The number of thiophene rings is 1. The highest BCUT2D eigenvalue weighted by Crippen LogP contribution is 2.39. The van der Waals surface area contributed by atoms with Crippen LogP contribution in [0.2, 0.25) is 0 Å². The summed E-state index contributed by atoms with van der Waals surface area (Å²) in [6.07, 6.45) is -2.93. The Labute approximate surface area is 249 Å². The van der Waals surface area contributed by atoms with Gasteiger partial charge in [0.15, 0.2) is 0 Å². The largest absolute Gasteiger partial charge is 0.772 e. The lowest BCUT2D eigenvalue weighted by molar-refractivity contribution is -0.199. The van der Waals surface area contributed by atoms with Crippen LogP contribution in [0, 0.1) is 5.92 Å². The Morgan fingerprint density at radius 2 is 2.07 bits per heavy atom. The van der Waals surface area contributed by atoms with Gasteiger partial charge in [0, 0.05) is 41.8 Å². The zero-order chi connectivity index (χ0) is 30.2. The number of para-hydroxylation sites is 1. The lowest BCUT2D eigenvalue weighted by Gasteiger charge is -2.24. The van der Waals surface area contributed by atoms with Crippen LogP contribution >= 0.6 is 22.7 Å². The van der Waals surface area contributed by atoms with Crippen molar-refractivity contribution in [3.05, 3.63) is 52.9 Å². The molecule has 42 heavy (non-hydrogen) atoms. The topological polar surface area (TPSA) is 125 Å². The van der Waals surface area contributed by atoms with E-state index in [1.54, 1.807) is 29.8 Å². The van der Waals surface area contributed by atoms with Crippen LogP contribution in [0.4, 0.5) is 18.9 Å². The van der Waals surface area contributed by atoms with Crippen LogP contribution in [0.1, 0.15) is 18.2 Å². The van der Waals surface area contributed by atoms with Crippen molar-refractivity contribution in [3.63, 3.8) is 0 Å². The van der Waals surface area contributed by atoms with E-state index in [-0.39, 0.29) is 31.6 Å². The number of anilines is 1. The first-order valence-electron chi connectivity index (χ1n) is 12.6. The van der Waals surface area contributed by atoms with Crippen molar-refractivity contribution < 1.29 is 40.0 Å². The molecule has 0 amide bonds. The molecule has 0 aliphatic carbocycles. The summed E-state index contributed by atoms with van der Waals surface area (Å²) in [6, 6.07) is 8.79. The van der Waals surface area contributed by atoms with Gasteiger partial charge in [-0.3, -0.25) is 9.11 Å². The van der Waals surface area contributed by atoms with Crippen LogP contribution in [-0.4, -0.2) is 62.6 Å². The van der Waals surface area contributed by atoms with Gasteiger partial charge in [0.05, 0.1) is 11.2 Å². The molecule has 0 saturated carbocycles. The maximum atomic E-state index is 13.5. The van der Waals surface area contributed by atoms with Gasteiger partial charge in [0.2, 0.25) is 0 Å². The van der Waals surface area contributed by atoms with Crippen molar-refractivity contribution in [2.45, 2.75) is 36.8 Å². The van der Waals surface area contributed by atoms with Crippen molar-refractivity contribution in [2.75, 3.05) is 23.3 Å². The highest BCUT2D eigenvalue weighted by Gasteiger charge is 2.45. The Balaban J connectivity index is 1.53. The predicted molar refractivity (Wildman–Crippen MR) is 152 cm³/mol. The van der Waals surface area contributed by atoms with Gasteiger partial charge in [-0.15, -0.1) is 22.7 Å². The summed E-state index contributed by atoms with van der Waals surface area (Å²) in [7, 11) is -4.72. The number of rotatable bonds is 10. The van der Waals surface area contributed by atoms with E-state index in [0.29, 0.717) is 35.7 Å². The molecule has 226 valence electrons. The number of aryl methyl sites for hydroxylation is 1. The van der Waals surface area contributed by atoms with E-state index >= 15 is 0 Å². The molecule has 4 heterocycles. The molecule has 17 heteroatoms. The molecule has 2 atom stereocenters. The fourth-order valence-corrected chi connectivity index (χ4v) is 8.84. The normalized spacial score (nSPS) is 17.1. The molecule has 0 spiro atoms. The number of hydrogen-bond donors (Lipinski definition) is 0. The molecule has 1 saturated heterocycles. The number of hydrogen-bond acceptors (Lipinski definition) is 10. The standard InChI is InChI=1S/C25H25F3N4O6S4/c1-2-31-20(23-29-12-18(40-23)14-30-9-8-16(13-30)15-41(34)35)11-17-5-3-6-19(22(17)31)32(38-24(33)25(26,27)28)42(36,37)21-7-4-10-39-21/h3-7,10-12,16H,2,8-9,13-15H2,1H3,(H,34,35)/p-1. The second-order valence-corrected chi connectivity index (χ2v) is 14.5. The SMILES string of the molecule is CCn1c(-c2ncc(CN3CCC(CS(=O)[O-])C3)s2)cc2cccc(N(OC(=O)C(F)(F)F)S(=O)(=O)c3cccs3)c21. The molecule has 1 aliphatic rings. The molecule has 4 aromatic rings. The van der Waals surface area contributed by atoms with Crippen molar-refractivity contribution in [2.24, 2.45) is 5.92 Å². The van der Waals surface area contributed by atoms with E-state index in [2.05, 4.69) is 14.7 Å². The van der Waals surface area contributed by atoms with Gasteiger partial charge in [-0.2, -0.15) is 21.6 Å². The van der Waals surface area contributed by atoms with Crippen molar-refractivity contribution >= 4 is 66.3 Å². The first kappa shape index (κ1) is 30.6. The van der Waals surface area contributed by atoms with E-state index in [9.17, 15) is 35.1 Å². The van der Waals surface area contributed by atoms with Gasteiger partial charge in [0.1, 0.15) is 14.9 Å². The van der Waals surface area contributed by atoms with Crippen LogP contribution in [0.25, 0.3) is 21.6 Å². The Bertz CT molecular complexity index is 1720. The number of thiazole rings is 1. The van der Waals surface area contributed by atoms with Crippen LogP contribution in [0.15, 0.2) is 52.2 Å². The smallest absolute Gasteiger partial charge is 0.493 e. The number of carbonyl (C=O) groups is 1. The van der Waals surface area contributed by atoms with Crippen LogP contribution < -0.4 is 4.47 Å². The molecule has 0 bridgehead atoms. The average Bonchev–Trinajstić information content (AvgIpc) is 3.73. The first-order valence-corrected chi connectivity index (χ1v) is 17.0. The van der Waals surface area contributed by atoms with E-state index in [1.165, 1.54) is 41.0 Å². The fourth-order valence-electron chi connectivity index (χ4n) is 4.91. The van der Waals surface area contributed by atoms with Crippen molar-refractivity contribution in [1.82, 2.24) is 14.5 Å². The van der Waals surface area contributed by atoms with Crippen LogP contribution in [0.5, 0.6) is 0 Å². The molecule has 1 aromatic carbocycles. The number of halogens is 3. The number of alkyl halides is 3. The van der Waals surface area contributed by atoms with Crippen molar-refractivity contribution in [3.8, 4) is 10.7 Å². The number of likely N-dealkylation sites (tertiary alicyclic amines) is 1. The van der Waals surface area contributed by atoms with Gasteiger partial charge >= 0.3 is 22.2 Å². The summed E-state index contributed by atoms with van der Waals surface area (Å²) >= 11 is 0.0861. The summed E-state index contributed by atoms with van der Waals surface area (Å²) in [4.78, 5) is 24.1. The molecule has 3 aromatic heterocycles. The Morgan fingerprint density at radius 3 is 2.74 bits per heavy atom. The molecular formula is C25H24F3N4O6S4-. The maximum Gasteiger partial charge on any atom is 0.493 e. The van der Waals surface area contributed by atoms with Gasteiger partial charge < -0.3 is 14.0 Å². The van der Waals surface area contributed by atoms with E-state index in [1.807, 2.05) is 0 Å². The summed E-state index contributed by atoms with van der Waals surface area (Å²) in [5.74, 6) is -2.47. The predicted octanol–water partition coefficient (Wildman–Crippen LogP) is 4.76. The second-order valence-electron chi connectivity index (χ2n) is 9.52. The first-order chi connectivity index (χ1) is 19.9. The minimum Gasteiger partial charge on any atom is -0.772 e. The highest BCUT2D eigenvalue weighted by atomic mass is 32.2. The number of sulfonamides is 1. The van der Waals surface area contributed by atoms with Crippen LogP contribution in [-0.2, 0) is 43.8 Å². The number of nitrogens with zero attached hydrogens (tertiary/aromatic N) is 4. The lowest BCUT2D eigenvalue weighted by Crippen LogP contribution is -2.38. The Hall–Kier alpha value is -2.83. The molecule has 10 nitrogen and oxygen atoms in total.